The number of methoxy groups -OCH3 is 1. The maximum atomic E-state index is 11.9. The molecule has 8 heteroatoms. The van der Waals surface area contributed by atoms with E-state index in [0.29, 0.717) is 24.7 Å². The zero-order valence-corrected chi connectivity index (χ0v) is 12.8. The van der Waals surface area contributed by atoms with Crippen molar-refractivity contribution in [2.45, 2.75) is 11.8 Å². The van der Waals surface area contributed by atoms with Gasteiger partial charge < -0.3 is 15.4 Å². The number of ether oxygens (including phenoxy) is 1. The van der Waals surface area contributed by atoms with Gasteiger partial charge in [0.15, 0.2) is 9.84 Å². The Balaban J connectivity index is 3.37. The van der Waals surface area contributed by atoms with E-state index in [0.717, 1.165) is 17.6 Å². The molecule has 2 N–H and O–H groups in total. The molecule has 106 valence electrons. The van der Waals surface area contributed by atoms with E-state index in [-0.39, 0.29) is 15.5 Å². The SMILES string of the molecule is CCN(CCOC)c1sc(C#N)c(N)c1S(C)(=O)=O. The number of nitrogens with two attached hydrogens (primary N) is 1. The van der Waals surface area contributed by atoms with Gasteiger partial charge in [-0.15, -0.1) is 11.3 Å². The van der Waals surface area contributed by atoms with Crippen molar-refractivity contribution in [2.75, 3.05) is 43.7 Å². The molecule has 0 unspecified atom stereocenters. The van der Waals surface area contributed by atoms with Crippen LogP contribution in [0.2, 0.25) is 0 Å². The first-order valence-electron chi connectivity index (χ1n) is 5.63. The molecule has 0 spiro atoms. The molecule has 0 aliphatic heterocycles. The number of nitriles is 1. The number of likely N-dealkylation sites (N-methyl/N-ethyl adjacent to an activating group) is 1. The van der Waals surface area contributed by atoms with Gasteiger partial charge in [-0.3, -0.25) is 0 Å². The number of nitrogens with zero attached hydrogens (tertiary/aromatic N) is 2. The molecule has 19 heavy (non-hydrogen) atoms. The Labute approximate surface area is 117 Å². The first kappa shape index (κ1) is 15.8. The van der Waals surface area contributed by atoms with E-state index in [9.17, 15) is 8.42 Å². The summed E-state index contributed by atoms with van der Waals surface area (Å²) in [5.74, 6) is 0. The summed E-state index contributed by atoms with van der Waals surface area (Å²) < 4.78 is 28.7. The van der Waals surface area contributed by atoms with Crippen LogP contribution in [0, 0.1) is 11.3 Å². The summed E-state index contributed by atoms with van der Waals surface area (Å²) in [5.41, 5.74) is 5.82. The Bertz CT molecular complexity index is 587. The van der Waals surface area contributed by atoms with Crippen molar-refractivity contribution in [3.8, 4) is 6.07 Å². The van der Waals surface area contributed by atoms with Gasteiger partial charge in [0, 0.05) is 26.5 Å². The molecule has 0 aliphatic rings. The summed E-state index contributed by atoms with van der Waals surface area (Å²) in [7, 11) is -1.90. The van der Waals surface area contributed by atoms with Gasteiger partial charge in [0.05, 0.1) is 12.3 Å². The van der Waals surface area contributed by atoms with Gasteiger partial charge in [0.2, 0.25) is 0 Å². The van der Waals surface area contributed by atoms with Crippen molar-refractivity contribution >= 4 is 31.9 Å². The van der Waals surface area contributed by atoms with Gasteiger partial charge in [0.25, 0.3) is 0 Å². The molecule has 0 bridgehead atoms. The minimum atomic E-state index is -3.48. The van der Waals surface area contributed by atoms with Crippen molar-refractivity contribution < 1.29 is 13.2 Å². The number of nitrogen functional groups attached to an aromatic ring is 1. The standard InChI is InChI=1S/C11H17N3O3S2/c1-4-14(5-6-17-2)11-10(19(3,15)16)9(13)8(7-12)18-11/h4-6,13H2,1-3H3. The third-order valence-electron chi connectivity index (χ3n) is 2.59. The molecular weight excluding hydrogens is 286 g/mol. The van der Waals surface area contributed by atoms with E-state index < -0.39 is 9.84 Å². The molecule has 0 aliphatic carbocycles. The van der Waals surface area contributed by atoms with Crippen molar-refractivity contribution in [1.82, 2.24) is 0 Å². The highest BCUT2D eigenvalue weighted by Gasteiger charge is 2.26. The smallest absolute Gasteiger partial charge is 0.180 e. The Morgan fingerprint density at radius 2 is 2.16 bits per heavy atom. The van der Waals surface area contributed by atoms with Crippen LogP contribution in [-0.2, 0) is 14.6 Å². The van der Waals surface area contributed by atoms with Crippen molar-refractivity contribution in [1.29, 1.82) is 5.26 Å². The van der Waals surface area contributed by atoms with E-state index in [2.05, 4.69) is 0 Å². The minimum absolute atomic E-state index is 0.0425. The topological polar surface area (TPSA) is 96.4 Å². The number of rotatable bonds is 6. The molecule has 0 atom stereocenters. The third kappa shape index (κ3) is 3.37. The van der Waals surface area contributed by atoms with E-state index in [1.165, 1.54) is 0 Å². The van der Waals surface area contributed by atoms with E-state index in [1.54, 1.807) is 7.11 Å². The fraction of sp³-hybridized carbons (Fsp3) is 0.545. The molecule has 6 nitrogen and oxygen atoms in total. The molecule has 0 radical (unpaired) electrons. The number of hydrogen-bond acceptors (Lipinski definition) is 7. The average Bonchev–Trinajstić information content (AvgIpc) is 2.67. The Morgan fingerprint density at radius 1 is 1.53 bits per heavy atom. The van der Waals surface area contributed by atoms with Crippen molar-refractivity contribution in [3.05, 3.63) is 4.88 Å². The van der Waals surface area contributed by atoms with Crippen LogP contribution < -0.4 is 10.6 Å². The second-order valence-corrected chi connectivity index (χ2v) is 6.89. The van der Waals surface area contributed by atoms with Gasteiger partial charge in [-0.05, 0) is 6.92 Å². The maximum Gasteiger partial charge on any atom is 0.180 e. The first-order chi connectivity index (χ1) is 8.86. The number of sulfone groups is 1. The molecule has 1 rings (SSSR count). The van der Waals surface area contributed by atoms with Crippen LogP contribution in [0.25, 0.3) is 0 Å². The van der Waals surface area contributed by atoms with Crippen LogP contribution in [0.4, 0.5) is 10.7 Å². The highest BCUT2D eigenvalue weighted by atomic mass is 32.2. The normalized spacial score (nSPS) is 11.3. The predicted octanol–water partition coefficient (Wildman–Crippen LogP) is 1.08. The molecule has 0 saturated carbocycles. The van der Waals surface area contributed by atoms with Crippen LogP contribution in [0.3, 0.4) is 0 Å². The number of hydrogen-bond donors (Lipinski definition) is 1. The van der Waals surface area contributed by atoms with E-state index in [1.807, 2.05) is 17.9 Å². The summed E-state index contributed by atoms with van der Waals surface area (Å²) >= 11 is 1.10. The van der Waals surface area contributed by atoms with Crippen LogP contribution in [0.1, 0.15) is 11.8 Å². The van der Waals surface area contributed by atoms with Gasteiger partial charge in [-0.1, -0.05) is 0 Å². The second-order valence-electron chi connectivity index (χ2n) is 3.94. The highest BCUT2D eigenvalue weighted by Crippen LogP contribution is 2.40. The first-order valence-corrected chi connectivity index (χ1v) is 8.33. The fourth-order valence-electron chi connectivity index (χ4n) is 1.67. The van der Waals surface area contributed by atoms with Gasteiger partial charge in [-0.25, -0.2) is 8.42 Å². The van der Waals surface area contributed by atoms with E-state index in [4.69, 9.17) is 15.7 Å². The molecule has 0 amide bonds. The Kier molecular flexibility index (Phi) is 5.17. The third-order valence-corrected chi connectivity index (χ3v) is 5.04. The summed E-state index contributed by atoms with van der Waals surface area (Å²) in [6.45, 7) is 3.53. The average molecular weight is 303 g/mol. The summed E-state index contributed by atoms with van der Waals surface area (Å²) in [6.07, 6.45) is 1.10. The lowest BCUT2D eigenvalue weighted by Crippen LogP contribution is -2.27. The molecule has 0 fully saturated rings. The summed E-state index contributed by atoms with van der Waals surface area (Å²) in [6, 6.07) is 1.93. The van der Waals surface area contributed by atoms with Crippen LogP contribution >= 0.6 is 11.3 Å². The van der Waals surface area contributed by atoms with Crippen LogP contribution in [0.15, 0.2) is 4.90 Å². The molecule has 1 heterocycles. The monoisotopic (exact) mass is 303 g/mol. The number of thiophene rings is 1. The molecule has 0 aromatic carbocycles. The quantitative estimate of drug-likeness (QED) is 0.844. The van der Waals surface area contributed by atoms with Crippen molar-refractivity contribution in [3.63, 3.8) is 0 Å². The van der Waals surface area contributed by atoms with E-state index >= 15 is 0 Å². The van der Waals surface area contributed by atoms with Crippen molar-refractivity contribution in [2.24, 2.45) is 0 Å². The second kappa shape index (κ2) is 6.23. The highest BCUT2D eigenvalue weighted by molar-refractivity contribution is 7.91. The largest absolute Gasteiger partial charge is 0.396 e. The Morgan fingerprint density at radius 3 is 2.58 bits per heavy atom. The number of anilines is 2. The van der Waals surface area contributed by atoms with Gasteiger partial charge in [-0.2, -0.15) is 5.26 Å². The molecule has 1 aromatic heterocycles. The summed E-state index contributed by atoms with van der Waals surface area (Å²) in [5, 5.41) is 9.51. The lowest BCUT2D eigenvalue weighted by atomic mass is 10.4. The predicted molar refractivity (Wildman–Crippen MR) is 76.3 cm³/mol. The maximum absolute atomic E-state index is 11.9. The van der Waals surface area contributed by atoms with Gasteiger partial charge >= 0.3 is 0 Å². The fourth-order valence-corrected chi connectivity index (χ4v) is 4.27. The minimum Gasteiger partial charge on any atom is -0.396 e. The van der Waals surface area contributed by atoms with Crippen LogP contribution in [0.5, 0.6) is 0 Å². The van der Waals surface area contributed by atoms with Gasteiger partial charge in [0.1, 0.15) is 20.8 Å². The molecular formula is C11H17N3O3S2. The Hall–Kier alpha value is -1.30. The lowest BCUT2D eigenvalue weighted by molar-refractivity contribution is 0.205. The molecule has 0 saturated heterocycles. The lowest BCUT2D eigenvalue weighted by Gasteiger charge is -2.22. The summed E-state index contributed by atoms with van der Waals surface area (Å²) in [4.78, 5) is 2.13. The molecule has 1 aromatic rings. The zero-order chi connectivity index (χ0) is 14.6. The van der Waals surface area contributed by atoms with Crippen LogP contribution in [-0.4, -0.2) is 41.5 Å². The zero-order valence-electron chi connectivity index (χ0n) is 11.1.